The molecule has 5 heteroatoms. The number of ether oxygens (including phenoxy) is 3. The molecule has 0 aliphatic carbocycles. The van der Waals surface area contributed by atoms with Crippen LogP contribution in [0.25, 0.3) is 0 Å². The highest BCUT2D eigenvalue weighted by molar-refractivity contribution is 5.82. The van der Waals surface area contributed by atoms with Crippen molar-refractivity contribution in [1.82, 2.24) is 5.32 Å². The number of hydrogen-bond donors (Lipinski definition) is 1. The van der Waals surface area contributed by atoms with Crippen molar-refractivity contribution in [3.05, 3.63) is 35.9 Å². The standard InChI is InChI=1S/C16H25NO4/c1-13(2)21-11-10-20-12-16(17-3,15(18)19-4)14-8-6-5-7-9-14/h5-9,13,17H,10-12H2,1-4H3. The Hall–Kier alpha value is -1.43. The van der Waals surface area contributed by atoms with Crippen molar-refractivity contribution in [3.63, 3.8) is 0 Å². The molecule has 0 aliphatic rings. The molecule has 0 radical (unpaired) electrons. The van der Waals surface area contributed by atoms with E-state index in [-0.39, 0.29) is 18.7 Å². The molecule has 1 unspecified atom stereocenters. The summed E-state index contributed by atoms with van der Waals surface area (Å²) in [5.41, 5.74) is -0.197. The van der Waals surface area contributed by atoms with Crippen LogP contribution in [0, 0.1) is 0 Å². The maximum absolute atomic E-state index is 12.2. The Morgan fingerprint density at radius 3 is 2.43 bits per heavy atom. The summed E-state index contributed by atoms with van der Waals surface area (Å²) < 4.78 is 16.0. The molecule has 21 heavy (non-hydrogen) atoms. The zero-order chi connectivity index (χ0) is 15.7. The molecule has 0 saturated carbocycles. The van der Waals surface area contributed by atoms with E-state index in [0.29, 0.717) is 13.2 Å². The first-order valence-electron chi connectivity index (χ1n) is 7.09. The third kappa shape index (κ3) is 4.81. The third-order valence-electron chi connectivity index (χ3n) is 3.22. The van der Waals surface area contributed by atoms with Crippen molar-refractivity contribution in [2.24, 2.45) is 0 Å². The van der Waals surface area contributed by atoms with Crippen molar-refractivity contribution in [2.75, 3.05) is 34.0 Å². The highest BCUT2D eigenvalue weighted by Crippen LogP contribution is 2.23. The van der Waals surface area contributed by atoms with Gasteiger partial charge in [-0.1, -0.05) is 30.3 Å². The summed E-state index contributed by atoms with van der Waals surface area (Å²) in [6, 6.07) is 9.42. The van der Waals surface area contributed by atoms with E-state index >= 15 is 0 Å². The minimum absolute atomic E-state index is 0.164. The quantitative estimate of drug-likeness (QED) is 0.555. The molecule has 1 N–H and O–H groups in total. The molecule has 0 amide bonds. The van der Waals surface area contributed by atoms with Crippen molar-refractivity contribution >= 4 is 5.97 Å². The molecular weight excluding hydrogens is 270 g/mol. The van der Waals surface area contributed by atoms with Gasteiger partial charge in [0.25, 0.3) is 0 Å². The molecule has 0 fully saturated rings. The molecule has 0 saturated heterocycles. The summed E-state index contributed by atoms with van der Waals surface area (Å²) in [7, 11) is 3.09. The Balaban J connectivity index is 2.76. The highest BCUT2D eigenvalue weighted by atomic mass is 16.5. The number of nitrogens with one attached hydrogen (secondary N) is 1. The second-order valence-electron chi connectivity index (χ2n) is 4.99. The lowest BCUT2D eigenvalue weighted by Gasteiger charge is -2.30. The number of hydrogen-bond acceptors (Lipinski definition) is 5. The number of esters is 1. The fraction of sp³-hybridized carbons (Fsp3) is 0.562. The van der Waals surface area contributed by atoms with Gasteiger partial charge in [-0.15, -0.1) is 0 Å². The maximum atomic E-state index is 12.2. The molecule has 1 rings (SSSR count). The van der Waals surface area contributed by atoms with Crippen LogP contribution in [0.5, 0.6) is 0 Å². The van der Waals surface area contributed by atoms with E-state index in [0.717, 1.165) is 5.56 Å². The van der Waals surface area contributed by atoms with Crippen LogP contribution >= 0.6 is 0 Å². The van der Waals surface area contributed by atoms with E-state index in [2.05, 4.69) is 5.32 Å². The van der Waals surface area contributed by atoms with Crippen LogP contribution in [0.15, 0.2) is 30.3 Å². The fourth-order valence-corrected chi connectivity index (χ4v) is 2.04. The molecule has 0 aromatic heterocycles. The zero-order valence-corrected chi connectivity index (χ0v) is 13.2. The fourth-order valence-electron chi connectivity index (χ4n) is 2.04. The largest absolute Gasteiger partial charge is 0.467 e. The number of benzene rings is 1. The smallest absolute Gasteiger partial charge is 0.333 e. The van der Waals surface area contributed by atoms with Gasteiger partial charge in [-0.3, -0.25) is 5.32 Å². The van der Waals surface area contributed by atoms with Crippen molar-refractivity contribution in [1.29, 1.82) is 0 Å². The van der Waals surface area contributed by atoms with Crippen LogP contribution in [0.1, 0.15) is 19.4 Å². The topological polar surface area (TPSA) is 56.8 Å². The van der Waals surface area contributed by atoms with E-state index in [4.69, 9.17) is 14.2 Å². The Bertz CT molecular complexity index is 422. The first-order chi connectivity index (χ1) is 10.1. The monoisotopic (exact) mass is 295 g/mol. The number of carbonyl (C=O) groups is 1. The van der Waals surface area contributed by atoms with Crippen LogP contribution in [-0.2, 0) is 24.5 Å². The number of methoxy groups -OCH3 is 1. The minimum Gasteiger partial charge on any atom is -0.467 e. The molecule has 0 spiro atoms. The van der Waals surface area contributed by atoms with E-state index in [1.54, 1.807) is 7.05 Å². The molecule has 5 nitrogen and oxygen atoms in total. The van der Waals surface area contributed by atoms with Gasteiger partial charge in [-0.05, 0) is 26.5 Å². The van der Waals surface area contributed by atoms with Crippen LogP contribution in [-0.4, -0.2) is 46.1 Å². The SMILES string of the molecule is CNC(COCCOC(C)C)(C(=O)OC)c1ccccc1. The van der Waals surface area contributed by atoms with Crippen molar-refractivity contribution in [3.8, 4) is 0 Å². The van der Waals surface area contributed by atoms with Gasteiger partial charge in [0.1, 0.15) is 0 Å². The highest BCUT2D eigenvalue weighted by Gasteiger charge is 2.40. The average molecular weight is 295 g/mol. The second-order valence-corrected chi connectivity index (χ2v) is 4.99. The van der Waals surface area contributed by atoms with Gasteiger partial charge < -0.3 is 14.2 Å². The lowest BCUT2D eigenvalue weighted by Crippen LogP contribution is -2.52. The number of rotatable bonds is 9. The average Bonchev–Trinajstić information content (AvgIpc) is 2.51. The van der Waals surface area contributed by atoms with Crippen LogP contribution in [0.3, 0.4) is 0 Å². The summed E-state index contributed by atoms with van der Waals surface area (Å²) in [5, 5.41) is 3.04. The third-order valence-corrected chi connectivity index (χ3v) is 3.22. The van der Waals surface area contributed by atoms with Gasteiger partial charge in [-0.2, -0.15) is 0 Å². The van der Waals surface area contributed by atoms with Gasteiger partial charge >= 0.3 is 5.97 Å². The first kappa shape index (κ1) is 17.6. The Labute approximate surface area is 126 Å². The van der Waals surface area contributed by atoms with Crippen LogP contribution < -0.4 is 5.32 Å². The predicted molar refractivity (Wildman–Crippen MR) is 81.1 cm³/mol. The second kappa shape index (κ2) is 8.77. The Morgan fingerprint density at radius 2 is 1.90 bits per heavy atom. The zero-order valence-electron chi connectivity index (χ0n) is 13.2. The lowest BCUT2D eigenvalue weighted by atomic mass is 9.91. The summed E-state index contributed by atoms with van der Waals surface area (Å²) in [6.07, 6.45) is 0.164. The van der Waals surface area contributed by atoms with Crippen LogP contribution in [0.2, 0.25) is 0 Å². The van der Waals surface area contributed by atoms with Crippen LogP contribution in [0.4, 0.5) is 0 Å². The Kier molecular flexibility index (Phi) is 7.36. The van der Waals surface area contributed by atoms with E-state index in [9.17, 15) is 4.79 Å². The van der Waals surface area contributed by atoms with E-state index < -0.39 is 5.54 Å². The minimum atomic E-state index is -1.01. The summed E-state index contributed by atoms with van der Waals surface area (Å²) in [5.74, 6) is -0.374. The Morgan fingerprint density at radius 1 is 1.24 bits per heavy atom. The molecule has 118 valence electrons. The number of carbonyl (C=O) groups excluding carboxylic acids is 1. The molecule has 0 bridgehead atoms. The predicted octanol–water partition coefficient (Wildman–Crippen LogP) is 1.72. The van der Waals surface area contributed by atoms with Gasteiger partial charge in [-0.25, -0.2) is 4.79 Å². The number of likely N-dealkylation sites (N-methyl/N-ethyl adjacent to an activating group) is 1. The van der Waals surface area contributed by atoms with E-state index in [1.807, 2.05) is 44.2 Å². The van der Waals surface area contributed by atoms with Crippen molar-refractivity contribution in [2.45, 2.75) is 25.5 Å². The molecule has 0 heterocycles. The van der Waals surface area contributed by atoms with E-state index in [1.165, 1.54) is 7.11 Å². The first-order valence-corrected chi connectivity index (χ1v) is 7.09. The molecule has 1 aromatic carbocycles. The van der Waals surface area contributed by atoms with Crippen molar-refractivity contribution < 1.29 is 19.0 Å². The normalized spacial score (nSPS) is 14.0. The van der Waals surface area contributed by atoms with Gasteiger partial charge in [0.2, 0.25) is 0 Å². The molecular formula is C16H25NO4. The van der Waals surface area contributed by atoms with Gasteiger partial charge in [0.15, 0.2) is 5.54 Å². The molecule has 1 atom stereocenters. The molecule has 0 aliphatic heterocycles. The molecule has 1 aromatic rings. The summed E-state index contributed by atoms with van der Waals surface area (Å²) in [4.78, 5) is 12.2. The summed E-state index contributed by atoms with van der Waals surface area (Å²) in [6.45, 7) is 5.03. The lowest BCUT2D eigenvalue weighted by molar-refractivity contribution is -0.152. The maximum Gasteiger partial charge on any atom is 0.333 e. The van der Waals surface area contributed by atoms with Gasteiger partial charge in [0.05, 0.1) is 33.0 Å². The van der Waals surface area contributed by atoms with Gasteiger partial charge in [0, 0.05) is 0 Å². The summed E-state index contributed by atoms with van der Waals surface area (Å²) >= 11 is 0.